The molecule has 0 spiro atoms. The van der Waals surface area contributed by atoms with E-state index in [-0.39, 0.29) is 11.7 Å². The third-order valence-electron chi connectivity index (χ3n) is 6.59. The average Bonchev–Trinajstić information content (AvgIpc) is 3.30. The van der Waals surface area contributed by atoms with Gasteiger partial charge in [-0.3, -0.25) is 4.79 Å². The number of carbonyl (C=O) groups excluding carboxylic acids is 1. The molecule has 6 rings (SSSR count). The Morgan fingerprint density at radius 2 is 1.80 bits per heavy atom. The van der Waals surface area contributed by atoms with Crippen molar-refractivity contribution in [2.75, 3.05) is 5.32 Å². The van der Waals surface area contributed by atoms with E-state index in [2.05, 4.69) is 93.4 Å². The highest BCUT2D eigenvalue weighted by Crippen LogP contribution is 2.50. The zero-order chi connectivity index (χ0) is 20.4. The predicted octanol–water partition coefficient (Wildman–Crippen LogP) is 6.75. The number of carbonyl (C=O) groups is 1. The van der Waals surface area contributed by atoms with Crippen LogP contribution in [0.15, 0.2) is 76.4 Å². The Kier molecular flexibility index (Phi) is 3.94. The van der Waals surface area contributed by atoms with Gasteiger partial charge in [0.15, 0.2) is 5.78 Å². The van der Waals surface area contributed by atoms with Gasteiger partial charge in [0.25, 0.3) is 0 Å². The molecule has 3 nitrogen and oxygen atoms in total. The number of anilines is 1. The second-order valence-electron chi connectivity index (χ2n) is 8.11. The number of halogens is 1. The third-order valence-corrected chi connectivity index (χ3v) is 7.12. The van der Waals surface area contributed by atoms with Gasteiger partial charge in [-0.25, -0.2) is 0 Å². The topological polar surface area (TPSA) is 34.0 Å². The van der Waals surface area contributed by atoms with Crippen LogP contribution in [-0.2, 0) is 11.3 Å². The molecule has 2 aliphatic rings. The summed E-state index contributed by atoms with van der Waals surface area (Å²) in [5.41, 5.74) is 8.05. The van der Waals surface area contributed by atoms with Crippen LogP contribution in [0.1, 0.15) is 36.8 Å². The van der Waals surface area contributed by atoms with E-state index in [1.807, 2.05) is 0 Å². The summed E-state index contributed by atoms with van der Waals surface area (Å²) in [7, 11) is 0. The molecule has 30 heavy (non-hydrogen) atoms. The van der Waals surface area contributed by atoms with Gasteiger partial charge in [0, 0.05) is 62.1 Å². The zero-order valence-corrected chi connectivity index (χ0v) is 18.3. The van der Waals surface area contributed by atoms with Crippen LogP contribution >= 0.6 is 15.9 Å². The number of allylic oxidation sites excluding steroid dienone is 2. The van der Waals surface area contributed by atoms with E-state index in [1.165, 1.54) is 32.9 Å². The monoisotopic (exact) mass is 456 g/mol. The zero-order valence-electron chi connectivity index (χ0n) is 16.7. The molecule has 0 fully saturated rings. The predicted molar refractivity (Wildman–Crippen MR) is 126 cm³/mol. The number of hydrogen-bond acceptors (Lipinski definition) is 2. The quantitative estimate of drug-likeness (QED) is 0.361. The summed E-state index contributed by atoms with van der Waals surface area (Å²) < 4.78 is 3.43. The summed E-state index contributed by atoms with van der Waals surface area (Å²) in [5.74, 6) is 0.228. The molecule has 1 aromatic heterocycles. The first kappa shape index (κ1) is 18.0. The van der Waals surface area contributed by atoms with Crippen molar-refractivity contribution in [3.8, 4) is 0 Å². The third kappa shape index (κ3) is 2.40. The number of para-hydroxylation sites is 1. The molecule has 148 valence electrons. The number of fused-ring (bicyclic) bond motifs is 5. The molecule has 4 aromatic rings. The number of nitrogens with zero attached hydrogens (tertiary/aromatic N) is 1. The van der Waals surface area contributed by atoms with E-state index < -0.39 is 0 Å². The smallest absolute Gasteiger partial charge is 0.161 e. The van der Waals surface area contributed by atoms with E-state index in [4.69, 9.17) is 0 Å². The van der Waals surface area contributed by atoms with Crippen molar-refractivity contribution < 1.29 is 4.79 Å². The summed E-state index contributed by atoms with van der Waals surface area (Å²) in [4.78, 5) is 13.0. The molecule has 1 N–H and O–H groups in total. The molecular weight excluding hydrogens is 436 g/mol. The Morgan fingerprint density at radius 1 is 1.00 bits per heavy atom. The van der Waals surface area contributed by atoms with Crippen LogP contribution < -0.4 is 5.32 Å². The van der Waals surface area contributed by atoms with Crippen molar-refractivity contribution >= 4 is 49.2 Å². The van der Waals surface area contributed by atoms with Gasteiger partial charge in [0.2, 0.25) is 0 Å². The molecule has 3 aromatic carbocycles. The number of hydrogen-bond donors (Lipinski definition) is 1. The first-order valence-electron chi connectivity index (χ1n) is 10.5. The van der Waals surface area contributed by atoms with Gasteiger partial charge >= 0.3 is 0 Å². The van der Waals surface area contributed by atoms with Crippen LogP contribution in [0.4, 0.5) is 5.69 Å². The molecule has 0 bridgehead atoms. The molecule has 0 radical (unpaired) electrons. The normalized spacial score (nSPS) is 18.1. The van der Waals surface area contributed by atoms with Crippen molar-refractivity contribution in [1.29, 1.82) is 0 Å². The molecule has 2 heterocycles. The lowest BCUT2D eigenvalue weighted by Crippen LogP contribution is -2.19. The second kappa shape index (κ2) is 6.58. The fourth-order valence-corrected chi connectivity index (χ4v) is 5.62. The summed E-state index contributed by atoms with van der Waals surface area (Å²) >= 11 is 3.56. The van der Waals surface area contributed by atoms with Gasteiger partial charge in [-0.15, -0.1) is 0 Å². The molecule has 1 unspecified atom stereocenters. The Hall–Kier alpha value is -2.85. The van der Waals surface area contributed by atoms with Gasteiger partial charge in [0.1, 0.15) is 0 Å². The lowest BCUT2D eigenvalue weighted by Gasteiger charge is -2.30. The maximum absolute atomic E-state index is 13.0. The molecule has 0 saturated carbocycles. The second-order valence-corrected chi connectivity index (χ2v) is 9.02. The first-order chi connectivity index (χ1) is 14.7. The fourth-order valence-electron chi connectivity index (χ4n) is 5.35. The minimum atomic E-state index is -0.0424. The van der Waals surface area contributed by atoms with Gasteiger partial charge in [-0.1, -0.05) is 46.3 Å². The van der Waals surface area contributed by atoms with E-state index in [0.29, 0.717) is 6.42 Å². The fraction of sp³-hybridized carbons (Fsp3) is 0.192. The Labute approximate surface area is 183 Å². The number of benzene rings is 3. The Bertz CT molecular complexity index is 1380. The maximum atomic E-state index is 13.0. The van der Waals surface area contributed by atoms with Crippen molar-refractivity contribution in [3.63, 3.8) is 0 Å². The molecule has 1 atom stereocenters. The maximum Gasteiger partial charge on any atom is 0.161 e. The van der Waals surface area contributed by atoms with Crippen LogP contribution in [0.3, 0.4) is 0 Å². The van der Waals surface area contributed by atoms with Crippen LogP contribution in [0, 0.1) is 0 Å². The van der Waals surface area contributed by atoms with Gasteiger partial charge in [-0.05, 0) is 54.8 Å². The highest BCUT2D eigenvalue weighted by Gasteiger charge is 2.38. The molecular formula is C26H21BrN2O. The number of aryl methyl sites for hydroxylation is 1. The lowest BCUT2D eigenvalue weighted by atomic mass is 9.79. The summed E-state index contributed by atoms with van der Waals surface area (Å²) in [5, 5.41) is 6.14. The van der Waals surface area contributed by atoms with Crippen LogP contribution in [0.5, 0.6) is 0 Å². The SMILES string of the molecule is CCn1c2ccccc2c2c3c(ccc21)NC1=C(C(=O)CC1)C3c1ccc(Br)cc1. The standard InChI is InChI=1S/C26H21BrN2O/c1-2-29-20-6-4-3-5-17(20)24-21(29)13-11-19-26(24)23(15-7-9-16(27)10-8-15)25-18(28-19)12-14-22(25)30/h3-11,13,23,28H,2,12,14H2,1H3. The van der Waals surface area contributed by atoms with Crippen molar-refractivity contribution in [2.45, 2.75) is 32.2 Å². The van der Waals surface area contributed by atoms with E-state index >= 15 is 0 Å². The van der Waals surface area contributed by atoms with Crippen molar-refractivity contribution in [1.82, 2.24) is 4.57 Å². The number of aromatic nitrogens is 1. The molecule has 1 aliphatic heterocycles. The number of Topliss-reactive ketones (excluding diaryl/α,β-unsaturated/α-hetero) is 1. The van der Waals surface area contributed by atoms with Crippen LogP contribution in [-0.4, -0.2) is 10.4 Å². The summed E-state index contributed by atoms with van der Waals surface area (Å²) in [6.45, 7) is 3.10. The Morgan fingerprint density at radius 3 is 2.60 bits per heavy atom. The van der Waals surface area contributed by atoms with Crippen molar-refractivity contribution in [2.24, 2.45) is 0 Å². The Balaban J connectivity index is 1.75. The molecule has 1 aliphatic carbocycles. The minimum Gasteiger partial charge on any atom is -0.358 e. The van der Waals surface area contributed by atoms with Gasteiger partial charge < -0.3 is 9.88 Å². The first-order valence-corrected chi connectivity index (χ1v) is 11.3. The van der Waals surface area contributed by atoms with Crippen LogP contribution in [0.25, 0.3) is 21.8 Å². The highest BCUT2D eigenvalue weighted by molar-refractivity contribution is 9.10. The lowest BCUT2D eigenvalue weighted by molar-refractivity contribution is -0.115. The average molecular weight is 457 g/mol. The largest absolute Gasteiger partial charge is 0.358 e. The van der Waals surface area contributed by atoms with E-state index in [1.54, 1.807) is 0 Å². The molecule has 0 saturated heterocycles. The number of nitrogens with one attached hydrogen (secondary N) is 1. The van der Waals surface area contributed by atoms with Gasteiger partial charge in [0.05, 0.1) is 0 Å². The number of ketones is 1. The molecule has 0 amide bonds. The highest BCUT2D eigenvalue weighted by atomic mass is 79.9. The molecule has 4 heteroatoms. The summed E-state index contributed by atoms with van der Waals surface area (Å²) in [6, 6.07) is 21.5. The number of rotatable bonds is 2. The summed E-state index contributed by atoms with van der Waals surface area (Å²) in [6.07, 6.45) is 1.40. The van der Waals surface area contributed by atoms with E-state index in [0.717, 1.165) is 34.4 Å². The van der Waals surface area contributed by atoms with E-state index in [9.17, 15) is 4.79 Å². The van der Waals surface area contributed by atoms with Crippen molar-refractivity contribution in [3.05, 3.63) is 87.5 Å². The van der Waals surface area contributed by atoms with Crippen LogP contribution in [0.2, 0.25) is 0 Å². The minimum absolute atomic E-state index is 0.0424. The van der Waals surface area contributed by atoms with Gasteiger partial charge in [-0.2, -0.15) is 0 Å².